The molecule has 23 heavy (non-hydrogen) atoms. The maximum Gasteiger partial charge on any atom is 0.193 e. The van der Waals surface area contributed by atoms with Gasteiger partial charge < -0.3 is 10.2 Å². The highest BCUT2D eigenvalue weighted by atomic mass is 15.3. The summed E-state index contributed by atoms with van der Waals surface area (Å²) in [4.78, 5) is 6.96. The van der Waals surface area contributed by atoms with E-state index in [0.29, 0.717) is 0 Å². The Morgan fingerprint density at radius 3 is 2.87 bits per heavy atom. The minimum atomic E-state index is 0.821. The van der Waals surface area contributed by atoms with E-state index in [4.69, 9.17) is 4.99 Å². The summed E-state index contributed by atoms with van der Waals surface area (Å²) in [5.41, 5.74) is 1.21. The van der Waals surface area contributed by atoms with Gasteiger partial charge in [0.15, 0.2) is 5.96 Å². The molecule has 1 heterocycles. The number of hydrogen-bond acceptors (Lipinski definition) is 2. The topological polar surface area (TPSA) is 45.5 Å². The summed E-state index contributed by atoms with van der Waals surface area (Å²) in [6, 6.07) is 0. The second-order valence-electron chi connectivity index (χ2n) is 5.93. The summed E-state index contributed by atoms with van der Waals surface area (Å²) in [6.45, 7) is 11.6. The molecule has 1 rings (SSSR count). The molecule has 5 nitrogen and oxygen atoms in total. The first kappa shape index (κ1) is 19.3. The quantitative estimate of drug-likeness (QED) is 0.295. The van der Waals surface area contributed by atoms with Crippen LogP contribution in [-0.2, 0) is 6.54 Å². The van der Waals surface area contributed by atoms with Gasteiger partial charge in [0, 0.05) is 39.4 Å². The number of allylic oxidation sites excluding steroid dienone is 1. The van der Waals surface area contributed by atoms with Crippen molar-refractivity contribution in [3.05, 3.63) is 30.6 Å². The van der Waals surface area contributed by atoms with Gasteiger partial charge in [0.1, 0.15) is 0 Å². The lowest BCUT2D eigenvalue weighted by Crippen LogP contribution is -2.39. The maximum atomic E-state index is 4.72. The highest BCUT2D eigenvalue weighted by molar-refractivity contribution is 5.79. The van der Waals surface area contributed by atoms with Crippen LogP contribution in [0.2, 0.25) is 0 Å². The van der Waals surface area contributed by atoms with E-state index in [1.165, 1.54) is 24.8 Å². The molecule has 5 heteroatoms. The molecule has 0 saturated heterocycles. The summed E-state index contributed by atoms with van der Waals surface area (Å²) in [7, 11) is 2.12. The predicted octanol–water partition coefficient (Wildman–Crippen LogP) is 3.23. The number of aliphatic imine (C=N–C) groups is 1. The molecule has 0 amide bonds. The zero-order chi connectivity index (χ0) is 16.9. The van der Waals surface area contributed by atoms with Crippen molar-refractivity contribution in [2.75, 3.05) is 26.7 Å². The number of nitrogens with zero attached hydrogens (tertiary/aromatic N) is 4. The number of nitrogens with one attached hydrogen (secondary N) is 1. The minimum Gasteiger partial charge on any atom is -0.357 e. The molecule has 0 aliphatic heterocycles. The van der Waals surface area contributed by atoms with Gasteiger partial charge in [-0.25, -0.2) is 0 Å². The fourth-order valence-corrected chi connectivity index (χ4v) is 2.40. The van der Waals surface area contributed by atoms with Gasteiger partial charge in [-0.15, -0.1) is 6.58 Å². The fourth-order valence-electron chi connectivity index (χ4n) is 2.40. The number of unbranched alkanes of at least 4 members (excludes halogenated alkanes) is 3. The molecular weight excluding hydrogens is 286 g/mol. The summed E-state index contributed by atoms with van der Waals surface area (Å²) < 4.78 is 1.99. The van der Waals surface area contributed by atoms with Crippen LogP contribution >= 0.6 is 0 Å². The van der Waals surface area contributed by atoms with Crippen LogP contribution in [0.25, 0.3) is 0 Å². The molecule has 0 aromatic carbocycles. The molecule has 0 unspecified atom stereocenters. The van der Waals surface area contributed by atoms with Crippen LogP contribution in [0.1, 0.15) is 44.6 Å². The van der Waals surface area contributed by atoms with Crippen molar-refractivity contribution in [1.29, 1.82) is 0 Å². The molecule has 0 saturated carbocycles. The van der Waals surface area contributed by atoms with Gasteiger partial charge in [-0.3, -0.25) is 9.67 Å². The van der Waals surface area contributed by atoms with Crippen molar-refractivity contribution in [3.63, 3.8) is 0 Å². The van der Waals surface area contributed by atoms with E-state index in [-0.39, 0.29) is 0 Å². The molecule has 0 spiro atoms. The molecule has 0 bridgehead atoms. The van der Waals surface area contributed by atoms with Crippen molar-refractivity contribution in [2.45, 2.75) is 52.5 Å². The first-order valence-corrected chi connectivity index (χ1v) is 8.76. The molecule has 1 aromatic rings. The van der Waals surface area contributed by atoms with Crippen LogP contribution in [0.5, 0.6) is 0 Å². The highest BCUT2D eigenvalue weighted by Gasteiger charge is 2.04. The largest absolute Gasteiger partial charge is 0.357 e. The van der Waals surface area contributed by atoms with Crippen LogP contribution < -0.4 is 5.32 Å². The van der Waals surface area contributed by atoms with E-state index >= 15 is 0 Å². The van der Waals surface area contributed by atoms with E-state index in [2.05, 4.69) is 49.0 Å². The zero-order valence-electron chi connectivity index (χ0n) is 15.1. The third-order valence-corrected chi connectivity index (χ3v) is 3.67. The second kappa shape index (κ2) is 11.7. The van der Waals surface area contributed by atoms with Gasteiger partial charge in [-0.05, 0) is 45.1 Å². The average molecular weight is 319 g/mol. The van der Waals surface area contributed by atoms with E-state index in [0.717, 1.165) is 45.0 Å². The van der Waals surface area contributed by atoms with Crippen molar-refractivity contribution in [3.8, 4) is 0 Å². The Hall–Kier alpha value is -1.78. The molecule has 1 N–H and O–H groups in total. The van der Waals surface area contributed by atoms with Gasteiger partial charge in [0.2, 0.25) is 0 Å². The molecule has 0 aliphatic rings. The average Bonchev–Trinajstić information content (AvgIpc) is 2.95. The Labute approximate surface area is 141 Å². The van der Waals surface area contributed by atoms with Crippen LogP contribution in [0.4, 0.5) is 0 Å². The third-order valence-electron chi connectivity index (χ3n) is 3.67. The summed E-state index contributed by atoms with van der Waals surface area (Å²) >= 11 is 0. The van der Waals surface area contributed by atoms with Gasteiger partial charge in [0.05, 0.1) is 6.20 Å². The van der Waals surface area contributed by atoms with Crippen LogP contribution in [0, 0.1) is 6.92 Å². The van der Waals surface area contributed by atoms with Crippen LogP contribution in [0.15, 0.2) is 30.0 Å². The van der Waals surface area contributed by atoms with Crippen molar-refractivity contribution < 1.29 is 0 Å². The SMILES string of the molecule is C=CCCCCCN(C)C(=NCCCn1cc(C)cn1)NCC. The Morgan fingerprint density at radius 2 is 2.22 bits per heavy atom. The van der Waals surface area contributed by atoms with Gasteiger partial charge in [-0.1, -0.05) is 12.5 Å². The van der Waals surface area contributed by atoms with E-state index in [1.54, 1.807) is 0 Å². The number of aromatic nitrogens is 2. The van der Waals surface area contributed by atoms with E-state index in [1.807, 2.05) is 17.0 Å². The van der Waals surface area contributed by atoms with Crippen molar-refractivity contribution >= 4 is 5.96 Å². The molecule has 130 valence electrons. The molecule has 0 radical (unpaired) electrons. The Bertz CT molecular complexity index is 464. The summed E-state index contributed by atoms with van der Waals surface area (Å²) in [5, 5.41) is 7.68. The van der Waals surface area contributed by atoms with Gasteiger partial charge in [0.25, 0.3) is 0 Å². The molecule has 0 atom stereocenters. The molecule has 1 aromatic heterocycles. The Kier molecular flexibility index (Phi) is 9.84. The lowest BCUT2D eigenvalue weighted by Gasteiger charge is -2.22. The van der Waals surface area contributed by atoms with E-state index < -0.39 is 0 Å². The van der Waals surface area contributed by atoms with Crippen molar-refractivity contribution in [2.24, 2.45) is 4.99 Å². The number of aryl methyl sites for hydroxylation is 2. The molecule has 0 fully saturated rings. The van der Waals surface area contributed by atoms with Crippen LogP contribution in [-0.4, -0.2) is 47.3 Å². The lowest BCUT2D eigenvalue weighted by atomic mass is 10.2. The minimum absolute atomic E-state index is 0.821. The number of guanidine groups is 1. The summed E-state index contributed by atoms with van der Waals surface area (Å²) in [5.74, 6) is 1.01. The smallest absolute Gasteiger partial charge is 0.193 e. The van der Waals surface area contributed by atoms with Crippen molar-refractivity contribution in [1.82, 2.24) is 20.0 Å². The van der Waals surface area contributed by atoms with Gasteiger partial charge >= 0.3 is 0 Å². The molecule has 0 aliphatic carbocycles. The normalized spacial score (nSPS) is 11.5. The zero-order valence-corrected chi connectivity index (χ0v) is 15.1. The van der Waals surface area contributed by atoms with Crippen LogP contribution in [0.3, 0.4) is 0 Å². The van der Waals surface area contributed by atoms with E-state index in [9.17, 15) is 0 Å². The number of hydrogen-bond donors (Lipinski definition) is 1. The summed E-state index contributed by atoms with van der Waals surface area (Å²) in [6.07, 6.45) is 11.8. The maximum absolute atomic E-state index is 4.72. The first-order valence-electron chi connectivity index (χ1n) is 8.76. The predicted molar refractivity (Wildman–Crippen MR) is 98.9 cm³/mol. The molecular formula is C18H33N5. The second-order valence-corrected chi connectivity index (χ2v) is 5.93. The number of rotatable bonds is 11. The Balaban J connectivity index is 2.31. The lowest BCUT2D eigenvalue weighted by molar-refractivity contribution is 0.454. The standard InChI is InChI=1S/C18H33N5/c1-5-7-8-9-10-13-22(4)18(19-6-2)20-12-11-14-23-16-17(3)15-21-23/h5,15-16H,1,6-14H2,2-4H3,(H,19,20). The monoisotopic (exact) mass is 319 g/mol. The fraction of sp³-hybridized carbons (Fsp3) is 0.667. The van der Waals surface area contributed by atoms with Gasteiger partial charge in [-0.2, -0.15) is 5.10 Å². The third kappa shape index (κ3) is 8.43. The Morgan fingerprint density at radius 1 is 1.39 bits per heavy atom. The highest BCUT2D eigenvalue weighted by Crippen LogP contribution is 2.02. The first-order chi connectivity index (χ1) is 11.2.